The maximum Gasteiger partial charge on any atom is 0.335 e. The molecule has 4 heteroatoms. The van der Waals surface area contributed by atoms with Gasteiger partial charge in [0, 0.05) is 16.4 Å². The third-order valence-corrected chi connectivity index (χ3v) is 3.33. The molecule has 0 aliphatic rings. The van der Waals surface area contributed by atoms with Gasteiger partial charge < -0.3 is 10.4 Å². The van der Waals surface area contributed by atoms with Crippen molar-refractivity contribution in [2.75, 3.05) is 5.32 Å². The van der Waals surface area contributed by atoms with Gasteiger partial charge in [0.05, 0.1) is 5.56 Å². The minimum absolute atomic E-state index is 0.282. The highest BCUT2D eigenvalue weighted by molar-refractivity contribution is 6.31. The molecule has 0 spiro atoms. The van der Waals surface area contributed by atoms with E-state index in [-0.39, 0.29) is 5.56 Å². The minimum Gasteiger partial charge on any atom is -0.478 e. The molecule has 2 aromatic carbocycles. The molecule has 0 aliphatic carbocycles. The van der Waals surface area contributed by atoms with E-state index in [1.807, 2.05) is 32.0 Å². The first-order chi connectivity index (χ1) is 8.97. The fraction of sp³-hybridized carbons (Fsp3) is 0.133. The molecule has 3 nitrogen and oxygen atoms in total. The number of hydrogen-bond donors (Lipinski definition) is 2. The molecule has 19 heavy (non-hydrogen) atoms. The second kappa shape index (κ2) is 5.33. The number of aryl methyl sites for hydroxylation is 2. The first kappa shape index (κ1) is 13.4. The number of benzene rings is 2. The molecule has 0 unspecified atom stereocenters. The van der Waals surface area contributed by atoms with Crippen molar-refractivity contribution in [3.63, 3.8) is 0 Å². The third kappa shape index (κ3) is 3.06. The predicted octanol–water partition coefficient (Wildman–Crippen LogP) is 4.40. The molecule has 2 aromatic rings. The maximum absolute atomic E-state index is 10.9. The van der Waals surface area contributed by atoms with Crippen LogP contribution in [0, 0.1) is 13.8 Å². The van der Waals surface area contributed by atoms with E-state index < -0.39 is 5.97 Å². The van der Waals surface area contributed by atoms with E-state index in [9.17, 15) is 4.79 Å². The van der Waals surface area contributed by atoms with E-state index >= 15 is 0 Å². The summed E-state index contributed by atoms with van der Waals surface area (Å²) in [6, 6.07) is 10.7. The van der Waals surface area contributed by atoms with Gasteiger partial charge in [-0.1, -0.05) is 17.7 Å². The molecule has 0 radical (unpaired) electrons. The van der Waals surface area contributed by atoms with Crippen molar-refractivity contribution in [2.24, 2.45) is 0 Å². The highest BCUT2D eigenvalue weighted by Gasteiger charge is 2.06. The zero-order chi connectivity index (χ0) is 14.0. The number of anilines is 2. The van der Waals surface area contributed by atoms with Crippen molar-refractivity contribution in [3.8, 4) is 0 Å². The van der Waals surface area contributed by atoms with Crippen molar-refractivity contribution in [1.29, 1.82) is 0 Å². The minimum atomic E-state index is -0.923. The van der Waals surface area contributed by atoms with E-state index in [1.165, 1.54) is 0 Å². The van der Waals surface area contributed by atoms with Crippen molar-refractivity contribution in [1.82, 2.24) is 0 Å². The van der Waals surface area contributed by atoms with Crippen LogP contribution in [0.25, 0.3) is 0 Å². The average Bonchev–Trinajstić information content (AvgIpc) is 2.36. The second-order valence-electron chi connectivity index (χ2n) is 4.42. The van der Waals surface area contributed by atoms with Gasteiger partial charge in [-0.3, -0.25) is 0 Å². The first-order valence-electron chi connectivity index (χ1n) is 5.84. The van der Waals surface area contributed by atoms with Crippen molar-refractivity contribution in [3.05, 3.63) is 58.1 Å². The highest BCUT2D eigenvalue weighted by Crippen LogP contribution is 2.25. The maximum atomic E-state index is 10.9. The number of carboxylic acids is 1. The van der Waals surface area contributed by atoms with Gasteiger partial charge in [0.2, 0.25) is 0 Å². The first-order valence-corrected chi connectivity index (χ1v) is 6.22. The van der Waals surface area contributed by atoms with E-state index in [1.54, 1.807) is 18.2 Å². The average molecular weight is 276 g/mol. The van der Waals surface area contributed by atoms with Crippen molar-refractivity contribution in [2.45, 2.75) is 13.8 Å². The Morgan fingerprint density at radius 2 is 1.84 bits per heavy atom. The third-order valence-electron chi connectivity index (χ3n) is 2.92. The molecule has 0 saturated carbocycles. The summed E-state index contributed by atoms with van der Waals surface area (Å²) >= 11 is 6.07. The van der Waals surface area contributed by atoms with Crippen LogP contribution in [-0.2, 0) is 0 Å². The van der Waals surface area contributed by atoms with Gasteiger partial charge in [0.15, 0.2) is 0 Å². The monoisotopic (exact) mass is 275 g/mol. The standard InChI is InChI=1S/C15H14ClNO2/c1-9-3-5-12(8-13(9)16)17-14-6-4-11(15(18)19)7-10(14)2/h3-8,17H,1-2H3,(H,18,19). The molecular weight excluding hydrogens is 262 g/mol. The Labute approximate surface area is 116 Å². The van der Waals surface area contributed by atoms with Crippen LogP contribution in [0.4, 0.5) is 11.4 Å². The molecule has 0 bridgehead atoms. The topological polar surface area (TPSA) is 49.3 Å². The number of halogens is 1. The summed E-state index contributed by atoms with van der Waals surface area (Å²) in [5.74, 6) is -0.923. The number of rotatable bonds is 3. The fourth-order valence-electron chi connectivity index (χ4n) is 1.76. The summed E-state index contributed by atoms with van der Waals surface area (Å²) in [6.45, 7) is 3.81. The highest BCUT2D eigenvalue weighted by atomic mass is 35.5. The zero-order valence-corrected chi connectivity index (χ0v) is 11.5. The number of carboxylic acid groups (broad SMARTS) is 1. The van der Waals surface area contributed by atoms with E-state index in [0.29, 0.717) is 5.02 Å². The molecule has 0 saturated heterocycles. The number of carbonyl (C=O) groups is 1. The zero-order valence-electron chi connectivity index (χ0n) is 10.7. The van der Waals surface area contributed by atoms with Gasteiger partial charge in [-0.15, -0.1) is 0 Å². The summed E-state index contributed by atoms with van der Waals surface area (Å²) in [6.07, 6.45) is 0. The van der Waals surface area contributed by atoms with Crippen molar-refractivity contribution >= 4 is 28.9 Å². The second-order valence-corrected chi connectivity index (χ2v) is 4.83. The molecule has 0 fully saturated rings. The van der Waals surface area contributed by atoms with Gasteiger partial charge in [0.1, 0.15) is 0 Å². The lowest BCUT2D eigenvalue weighted by Crippen LogP contribution is -1.99. The van der Waals surface area contributed by atoms with Crippen LogP contribution in [0.2, 0.25) is 5.02 Å². The van der Waals surface area contributed by atoms with Gasteiger partial charge in [-0.25, -0.2) is 4.79 Å². The summed E-state index contributed by atoms with van der Waals surface area (Å²) in [4.78, 5) is 10.9. The summed E-state index contributed by atoms with van der Waals surface area (Å²) in [5.41, 5.74) is 3.92. The predicted molar refractivity (Wildman–Crippen MR) is 77.6 cm³/mol. The molecule has 0 heterocycles. The summed E-state index contributed by atoms with van der Waals surface area (Å²) < 4.78 is 0. The van der Waals surface area contributed by atoms with Gasteiger partial charge >= 0.3 is 5.97 Å². The van der Waals surface area contributed by atoms with Crippen LogP contribution >= 0.6 is 11.6 Å². The normalized spacial score (nSPS) is 10.3. The molecule has 2 rings (SSSR count). The molecular formula is C15H14ClNO2. The largest absolute Gasteiger partial charge is 0.478 e. The van der Waals surface area contributed by atoms with Gasteiger partial charge in [-0.2, -0.15) is 0 Å². The quantitative estimate of drug-likeness (QED) is 0.873. The Kier molecular flexibility index (Phi) is 3.76. The van der Waals surface area contributed by atoms with Gasteiger partial charge in [-0.05, 0) is 55.3 Å². The number of aromatic carboxylic acids is 1. The summed E-state index contributed by atoms with van der Waals surface area (Å²) in [7, 11) is 0. The Morgan fingerprint density at radius 3 is 2.42 bits per heavy atom. The Hall–Kier alpha value is -2.00. The van der Waals surface area contributed by atoms with Crippen molar-refractivity contribution < 1.29 is 9.90 Å². The van der Waals surface area contributed by atoms with Crippen LogP contribution in [0.1, 0.15) is 21.5 Å². The lowest BCUT2D eigenvalue weighted by molar-refractivity contribution is 0.0697. The molecule has 0 amide bonds. The van der Waals surface area contributed by atoms with E-state index in [2.05, 4.69) is 5.32 Å². The Balaban J connectivity index is 2.28. The lowest BCUT2D eigenvalue weighted by Gasteiger charge is -2.11. The Bertz CT molecular complexity index is 638. The Morgan fingerprint density at radius 1 is 1.11 bits per heavy atom. The van der Waals surface area contributed by atoms with Crippen LogP contribution in [-0.4, -0.2) is 11.1 Å². The number of hydrogen-bond acceptors (Lipinski definition) is 2. The van der Waals surface area contributed by atoms with Gasteiger partial charge in [0.25, 0.3) is 0 Å². The lowest BCUT2D eigenvalue weighted by atomic mass is 10.1. The van der Waals surface area contributed by atoms with E-state index in [4.69, 9.17) is 16.7 Å². The molecule has 0 atom stereocenters. The molecule has 0 aromatic heterocycles. The van der Waals surface area contributed by atoms with Crippen LogP contribution in [0.15, 0.2) is 36.4 Å². The van der Waals surface area contributed by atoms with Crippen LogP contribution < -0.4 is 5.32 Å². The number of nitrogens with one attached hydrogen (secondary N) is 1. The molecule has 98 valence electrons. The molecule has 2 N–H and O–H groups in total. The van der Waals surface area contributed by atoms with Crippen LogP contribution in [0.5, 0.6) is 0 Å². The van der Waals surface area contributed by atoms with Crippen LogP contribution in [0.3, 0.4) is 0 Å². The van der Waals surface area contributed by atoms with E-state index in [0.717, 1.165) is 22.5 Å². The SMILES string of the molecule is Cc1ccc(Nc2ccc(C(=O)O)cc2C)cc1Cl. The molecule has 0 aliphatic heterocycles. The summed E-state index contributed by atoms with van der Waals surface area (Å²) in [5, 5.41) is 12.8. The fourth-order valence-corrected chi connectivity index (χ4v) is 1.94. The smallest absolute Gasteiger partial charge is 0.335 e.